The number of hydrogen-bond acceptors (Lipinski definition) is 48. The van der Waals surface area contributed by atoms with E-state index in [4.69, 9.17) is 47.4 Å². The second-order valence-electron chi connectivity index (χ2n) is 18.6. The first kappa shape index (κ1) is 113. The van der Waals surface area contributed by atoms with Gasteiger partial charge < -0.3 is 135 Å². The first-order chi connectivity index (χ1) is 41.0. The Labute approximate surface area is 760 Å². The molecule has 0 unspecified atom stereocenters. The molecule has 1 amide bonds. The van der Waals surface area contributed by atoms with Crippen LogP contribution in [0.4, 0.5) is 0 Å². The number of carbonyl (C=O) groups is 3. The van der Waals surface area contributed by atoms with Gasteiger partial charge >= 0.3 is 266 Å². The van der Waals surface area contributed by atoms with Crippen LogP contribution in [0.25, 0.3) is 0 Å². The molecule has 5 saturated heterocycles. The van der Waals surface area contributed by atoms with E-state index < -0.39 is 270 Å². The molecule has 9 N–H and O–H groups in total. The molecule has 0 radical (unpaired) electrons. The average molecular weight is 1670 g/mol. The largest absolute Gasteiger partial charge is 1.00 e. The first-order valence-electron chi connectivity index (χ1n) is 23.6. The van der Waals surface area contributed by atoms with Crippen molar-refractivity contribution in [2.75, 3.05) is 32.8 Å². The van der Waals surface area contributed by atoms with Gasteiger partial charge in [-0.05, 0) is 0 Å². The van der Waals surface area contributed by atoms with Crippen LogP contribution in [0.2, 0.25) is 0 Å². The van der Waals surface area contributed by atoms with Crippen molar-refractivity contribution in [3.8, 4) is 0 Å². The molecule has 5 heterocycles. The number of aliphatic hydroxyl groups is 6. The standard InChI is InChI=1S/C33H55N3O47S7.9Na/c1-69-29-11(36-85(51,52)53)15(40)19(8(74-29)3-71-87(57,58)59)76-33-24(83-90(66,67)68)18(43)23(26(81-33)28(46)47)79-31-12(34-5-37)21(82-89(63,64)65)20(9(75-31)4-72-88(60,61)62)77-32-17(42)16(41)22(25(80-32)27(44)45)78-30-10(35-6-84(48,49)50)14(39)13(38)7(73-30)2-70-86(54,55)56;;;;;;;;;/h5,7-26,29-33,35-36,38-43H,2-4,6H2,1H3,(H,34,37)(H,44,45)(H,46,47)(H,48,49,50)(H,51,52,53)(H,54,55,56)(H,57,58,59)(H,60,61,62)(H,63,64,65)(H,66,67,68);;;;;;;;;/q;9*+1/p-9/t7-,8-,9-,10-,11-,12-,13-,14-,15-,16-,17-,18+,19-,20+,21-,22+,23+,24-,25+,26-,29+,30-,31-,32-,33-;;;;;;;;;/m1........./s1. The number of amides is 1. The van der Waals surface area contributed by atoms with Crippen molar-refractivity contribution < 1.29 is 480 Å². The molecule has 0 aromatic carbocycles. The maximum Gasteiger partial charge on any atom is 1.00 e. The van der Waals surface area contributed by atoms with Gasteiger partial charge in [0.05, 0.1) is 43.7 Å². The average Bonchev–Trinajstić information content (AvgIpc) is 0.768. The molecule has 5 fully saturated rings. The number of carboxylic acids is 2. The summed E-state index contributed by atoms with van der Waals surface area (Å²) in [5.74, 6) is -7.01. The van der Waals surface area contributed by atoms with Gasteiger partial charge in [0.25, 0.3) is 0 Å². The van der Waals surface area contributed by atoms with E-state index in [1.54, 1.807) is 5.32 Å². The molecule has 99 heavy (non-hydrogen) atoms. The fraction of sp³-hybridized carbons (Fsp3) is 0.909. The second-order valence-corrected chi connectivity index (χ2v) is 26.3. The van der Waals surface area contributed by atoms with Gasteiger partial charge in [0.2, 0.25) is 58.4 Å². The third kappa shape index (κ3) is 35.6. The minimum atomic E-state index is -6.46. The predicted octanol–water partition coefficient (Wildman–Crippen LogP) is -45.4. The van der Waals surface area contributed by atoms with Crippen LogP contribution in [0.5, 0.6) is 0 Å². The van der Waals surface area contributed by atoms with Gasteiger partial charge in [-0.2, -0.15) is 0 Å². The fourth-order valence-electron chi connectivity index (χ4n) is 9.02. The SMILES string of the molecule is CO[C@H]1O[C@H](COS(=O)(=O)[O-])[C@@H](O[C@@H]2O[C@@H](C(=O)[O-])[C@@H](O[C@H]3O[C@H](COS(=O)(=O)[O-])[C@H](O[C@@H]4O[C@H](C(=O)[O-])[C@@H](O[C@H]5O[C@H](COS(=O)(=O)[O-])[C@@H](O)[C@H](O)[C@H]5NCS(=O)(=O)[O-])[C@H](O)[C@H]4O)[C@H](OS(=O)(=O)[O-])[C@H]3NC=O)[C@H](O)[C@H]2OS(=O)(=O)[O-])[C@H](O)[C@H]1NS(=O)(=O)[O-].[Na+].[Na+].[Na+].[Na+].[Na+].[Na+].[Na+].[Na+].[Na+]. The van der Waals surface area contributed by atoms with E-state index in [0.29, 0.717) is 7.11 Å². The van der Waals surface area contributed by atoms with Gasteiger partial charge in [-0.25, -0.2) is 63.6 Å². The van der Waals surface area contributed by atoms with Crippen LogP contribution in [0, 0.1) is 0 Å². The molecule has 0 aromatic rings. The Bertz CT molecular complexity index is 3350. The molecule has 0 saturated carbocycles. The van der Waals surface area contributed by atoms with Crippen LogP contribution in [-0.4, -0.2) is 326 Å². The monoisotopic (exact) mass is 1670 g/mol. The number of methoxy groups -OCH3 is 1. The zero-order chi connectivity index (χ0) is 68.4. The summed E-state index contributed by atoms with van der Waals surface area (Å²) in [5.41, 5.74) is 0. The van der Waals surface area contributed by atoms with Gasteiger partial charge in [0.15, 0.2) is 47.9 Å². The number of nitrogens with one attached hydrogen (secondary N) is 3. The Kier molecular flexibility index (Phi) is 54.6. The van der Waals surface area contributed by atoms with Crippen LogP contribution in [-0.2, 0) is 155 Å². The van der Waals surface area contributed by atoms with Crippen molar-refractivity contribution in [3.05, 3.63) is 0 Å². The van der Waals surface area contributed by atoms with Crippen molar-refractivity contribution in [3.63, 3.8) is 0 Å². The number of carbonyl (C=O) groups excluding carboxylic acids is 3. The molecule has 25 atom stereocenters. The molecule has 526 valence electrons. The molecule has 66 heteroatoms. The van der Waals surface area contributed by atoms with Gasteiger partial charge in [0.1, 0.15) is 120 Å². The van der Waals surface area contributed by atoms with Crippen LogP contribution >= 0.6 is 0 Å². The van der Waals surface area contributed by atoms with Gasteiger partial charge in [-0.1, -0.05) is 0 Å². The minimum Gasteiger partial charge on any atom is -0.747 e. The molecule has 50 nitrogen and oxygen atoms in total. The van der Waals surface area contributed by atoms with Crippen molar-refractivity contribution >= 4 is 90.8 Å². The van der Waals surface area contributed by atoms with E-state index in [9.17, 15) is 146 Å². The summed E-state index contributed by atoms with van der Waals surface area (Å²) in [6.45, 7) is -5.14. The Hall–Kier alpha value is 5.86. The summed E-state index contributed by atoms with van der Waals surface area (Å²) in [4.78, 5) is 37.7. The quantitative estimate of drug-likeness (QED) is 0.0135. The third-order valence-electron chi connectivity index (χ3n) is 12.6. The van der Waals surface area contributed by atoms with Crippen LogP contribution in [0.1, 0.15) is 0 Å². The fourth-order valence-corrected chi connectivity index (χ4v) is 11.9. The Balaban J connectivity index is -0.00000327. The topological polar surface area (TPSA) is 794 Å². The molecule has 5 aliphatic heterocycles. The molecular formula is C33H46N3Na9O47S7. The maximum atomic E-state index is 12.8. The van der Waals surface area contributed by atoms with E-state index in [-0.39, 0.29) is 266 Å². The zero-order valence-electron chi connectivity index (χ0n) is 52.6. The minimum absolute atomic E-state index is 0. The van der Waals surface area contributed by atoms with E-state index in [1.807, 2.05) is 5.32 Å². The number of carboxylic acid groups (broad SMARTS) is 2. The normalized spacial score (nSPS) is 35.2. The Morgan fingerprint density at radius 3 is 1.21 bits per heavy atom. The van der Waals surface area contributed by atoms with Gasteiger partial charge in [0, 0.05) is 7.11 Å². The predicted molar refractivity (Wildman–Crippen MR) is 243 cm³/mol. The Morgan fingerprint density at radius 1 is 0.414 bits per heavy atom. The molecule has 0 aliphatic carbocycles. The molecule has 0 spiro atoms. The van der Waals surface area contributed by atoms with Crippen LogP contribution in [0.3, 0.4) is 0 Å². The first-order valence-corrected chi connectivity index (χ1v) is 33.3. The molecule has 5 rings (SSSR count). The zero-order valence-corrected chi connectivity index (χ0v) is 76.3. The summed E-state index contributed by atoms with van der Waals surface area (Å²) in [6.07, 6.45) is -63.2. The number of hydrogen-bond donors (Lipinski definition) is 9. The summed E-state index contributed by atoms with van der Waals surface area (Å²) in [5, 5.41) is 96.0. The third-order valence-corrected chi connectivity index (χ3v) is 15.8. The van der Waals surface area contributed by atoms with Crippen LogP contribution < -0.4 is 292 Å². The summed E-state index contributed by atoms with van der Waals surface area (Å²) < 4.78 is 321. The second kappa shape index (κ2) is 47.6. The van der Waals surface area contributed by atoms with Crippen molar-refractivity contribution in [2.24, 2.45) is 0 Å². The van der Waals surface area contributed by atoms with E-state index in [0.717, 1.165) is 0 Å². The number of aliphatic hydroxyl groups excluding tert-OH is 6. The Morgan fingerprint density at radius 2 is 0.798 bits per heavy atom. The van der Waals surface area contributed by atoms with Crippen molar-refractivity contribution in [1.82, 2.24) is 15.4 Å². The van der Waals surface area contributed by atoms with E-state index >= 15 is 0 Å². The summed E-state index contributed by atoms with van der Waals surface area (Å²) >= 11 is 0. The number of ether oxygens (including phenoxy) is 10. The van der Waals surface area contributed by atoms with Crippen molar-refractivity contribution in [1.29, 1.82) is 0 Å². The van der Waals surface area contributed by atoms with Crippen LogP contribution in [0.15, 0.2) is 0 Å². The number of aliphatic carboxylic acids is 2. The smallest absolute Gasteiger partial charge is 0.747 e. The van der Waals surface area contributed by atoms with Crippen molar-refractivity contribution in [2.45, 2.75) is 153 Å². The molecule has 5 aliphatic rings. The number of rotatable bonds is 31. The summed E-state index contributed by atoms with van der Waals surface area (Å²) in [7, 11) is -40.8. The maximum absolute atomic E-state index is 12.8. The summed E-state index contributed by atoms with van der Waals surface area (Å²) in [6, 6.07) is -7.55. The van der Waals surface area contributed by atoms with Gasteiger partial charge in [-0.3, -0.25) is 31.0 Å². The molecule has 0 bridgehead atoms. The van der Waals surface area contributed by atoms with E-state index in [2.05, 4.69) is 20.9 Å². The molecule has 0 aromatic heterocycles. The van der Waals surface area contributed by atoms with Gasteiger partial charge in [-0.15, -0.1) is 0 Å². The van der Waals surface area contributed by atoms with E-state index in [1.165, 1.54) is 4.72 Å². The molecular weight excluding hydrogens is 1620 g/mol.